The van der Waals surface area contributed by atoms with Crippen LogP contribution in [-0.2, 0) is 17.8 Å². The third kappa shape index (κ3) is 5.77. The van der Waals surface area contributed by atoms with E-state index in [1.807, 2.05) is 23.8 Å². The summed E-state index contributed by atoms with van der Waals surface area (Å²) in [4.78, 5) is 21.0. The van der Waals surface area contributed by atoms with Crippen LogP contribution in [-0.4, -0.2) is 71.3 Å². The quantitative estimate of drug-likeness (QED) is 0.750. The fraction of sp³-hybridized carbons (Fsp3) is 0.500. The number of amides is 2. The first kappa shape index (κ1) is 20.3. The van der Waals surface area contributed by atoms with Crippen molar-refractivity contribution in [2.45, 2.75) is 20.0 Å². The smallest absolute Gasteiger partial charge is 0.317 e. The van der Waals surface area contributed by atoms with Crippen LogP contribution in [0.25, 0.3) is 0 Å². The number of nitrogens with one attached hydrogen (secondary N) is 1. The minimum absolute atomic E-state index is 0.101. The molecule has 2 amide bonds. The summed E-state index contributed by atoms with van der Waals surface area (Å²) in [5, 5.41) is 2.88. The molecule has 152 valence electrons. The number of carbonyl (C=O) groups is 1. The lowest BCUT2D eigenvalue weighted by Gasteiger charge is -2.30. The number of morpholine rings is 1. The van der Waals surface area contributed by atoms with Gasteiger partial charge >= 0.3 is 6.03 Å². The van der Waals surface area contributed by atoms with E-state index in [0.717, 1.165) is 44.2 Å². The molecular weight excluding hydrogens is 361 g/mol. The largest absolute Gasteiger partial charge is 0.379 e. The highest BCUT2D eigenvalue weighted by Gasteiger charge is 2.18. The number of imidazole rings is 1. The third-order valence-corrected chi connectivity index (χ3v) is 4.78. The van der Waals surface area contributed by atoms with Crippen LogP contribution in [0.4, 0.5) is 9.18 Å². The van der Waals surface area contributed by atoms with Crippen molar-refractivity contribution >= 4 is 6.03 Å². The zero-order valence-corrected chi connectivity index (χ0v) is 16.3. The van der Waals surface area contributed by atoms with Gasteiger partial charge in [0.05, 0.1) is 19.8 Å². The predicted molar refractivity (Wildman–Crippen MR) is 104 cm³/mol. The van der Waals surface area contributed by atoms with Crippen molar-refractivity contribution in [2.75, 3.05) is 45.9 Å². The lowest BCUT2D eigenvalue weighted by molar-refractivity contribution is 0.0345. The molecular formula is C20H28FN5O2. The number of benzene rings is 1. The molecule has 1 N–H and O–H groups in total. The molecule has 1 fully saturated rings. The Bertz CT molecular complexity index is 761. The Kier molecular flexibility index (Phi) is 7.39. The average Bonchev–Trinajstić information content (AvgIpc) is 3.12. The van der Waals surface area contributed by atoms with Gasteiger partial charge in [-0.3, -0.25) is 4.90 Å². The van der Waals surface area contributed by atoms with Crippen LogP contribution in [0.15, 0.2) is 36.7 Å². The van der Waals surface area contributed by atoms with E-state index >= 15 is 0 Å². The molecule has 8 heteroatoms. The Morgan fingerprint density at radius 1 is 1.36 bits per heavy atom. The van der Waals surface area contributed by atoms with Gasteiger partial charge in [-0.25, -0.2) is 14.2 Å². The highest BCUT2D eigenvalue weighted by molar-refractivity contribution is 5.74. The number of halogens is 1. The van der Waals surface area contributed by atoms with Crippen LogP contribution in [0, 0.1) is 5.82 Å². The van der Waals surface area contributed by atoms with Crippen LogP contribution in [0.1, 0.15) is 18.3 Å². The topological polar surface area (TPSA) is 62.6 Å². The van der Waals surface area contributed by atoms with E-state index < -0.39 is 0 Å². The highest BCUT2D eigenvalue weighted by Crippen LogP contribution is 2.10. The molecule has 2 heterocycles. The minimum atomic E-state index is -0.256. The molecule has 1 aliphatic rings. The maximum absolute atomic E-state index is 13.5. The van der Waals surface area contributed by atoms with Crippen molar-refractivity contribution in [2.24, 2.45) is 0 Å². The molecule has 0 radical (unpaired) electrons. The molecule has 1 aromatic heterocycles. The molecule has 28 heavy (non-hydrogen) atoms. The Morgan fingerprint density at radius 3 is 2.93 bits per heavy atom. The van der Waals surface area contributed by atoms with Crippen molar-refractivity contribution < 1.29 is 13.9 Å². The number of carbonyl (C=O) groups excluding carboxylic acids is 1. The average molecular weight is 389 g/mol. The molecule has 2 aromatic rings. The van der Waals surface area contributed by atoms with E-state index in [0.29, 0.717) is 26.2 Å². The molecule has 0 bridgehead atoms. The van der Waals surface area contributed by atoms with Crippen molar-refractivity contribution in [3.63, 3.8) is 0 Å². The summed E-state index contributed by atoms with van der Waals surface area (Å²) in [5.41, 5.74) is 0.858. The maximum Gasteiger partial charge on any atom is 0.317 e. The first-order valence-corrected chi connectivity index (χ1v) is 9.73. The fourth-order valence-electron chi connectivity index (χ4n) is 3.24. The molecule has 1 aliphatic heterocycles. The summed E-state index contributed by atoms with van der Waals surface area (Å²) in [6.45, 7) is 8.04. The van der Waals surface area contributed by atoms with Gasteiger partial charge in [-0.05, 0) is 24.6 Å². The van der Waals surface area contributed by atoms with E-state index in [-0.39, 0.29) is 11.8 Å². The Morgan fingerprint density at radius 2 is 2.18 bits per heavy atom. The minimum Gasteiger partial charge on any atom is -0.379 e. The van der Waals surface area contributed by atoms with E-state index in [1.165, 1.54) is 12.1 Å². The van der Waals surface area contributed by atoms with E-state index in [4.69, 9.17) is 4.74 Å². The van der Waals surface area contributed by atoms with Gasteiger partial charge in [0.1, 0.15) is 11.6 Å². The first-order chi connectivity index (χ1) is 13.7. The second kappa shape index (κ2) is 10.2. The molecule has 3 rings (SSSR count). The molecule has 1 saturated heterocycles. The van der Waals surface area contributed by atoms with Gasteiger partial charge in [-0.1, -0.05) is 12.1 Å². The van der Waals surface area contributed by atoms with E-state index in [2.05, 4.69) is 15.2 Å². The molecule has 0 saturated carbocycles. The summed E-state index contributed by atoms with van der Waals surface area (Å²) in [7, 11) is 0. The van der Waals surface area contributed by atoms with Gasteiger partial charge in [0.25, 0.3) is 0 Å². The van der Waals surface area contributed by atoms with Crippen LogP contribution in [0.5, 0.6) is 0 Å². The van der Waals surface area contributed by atoms with Crippen LogP contribution in [0.3, 0.4) is 0 Å². The number of rotatable bonds is 8. The monoisotopic (exact) mass is 389 g/mol. The second-order valence-electron chi connectivity index (χ2n) is 6.81. The van der Waals surface area contributed by atoms with Gasteiger partial charge in [0, 0.05) is 51.7 Å². The molecule has 7 nitrogen and oxygen atoms in total. The van der Waals surface area contributed by atoms with E-state index in [1.54, 1.807) is 17.2 Å². The summed E-state index contributed by atoms with van der Waals surface area (Å²) in [6, 6.07) is 6.43. The van der Waals surface area contributed by atoms with Gasteiger partial charge in [0.15, 0.2) is 0 Å². The van der Waals surface area contributed by atoms with Crippen LogP contribution >= 0.6 is 0 Å². The first-order valence-electron chi connectivity index (χ1n) is 9.73. The summed E-state index contributed by atoms with van der Waals surface area (Å²) in [5.74, 6) is 0.520. The fourth-order valence-corrected chi connectivity index (χ4v) is 3.24. The molecule has 0 aliphatic carbocycles. The van der Waals surface area contributed by atoms with Crippen LogP contribution in [0.2, 0.25) is 0 Å². The highest BCUT2D eigenvalue weighted by atomic mass is 19.1. The van der Waals surface area contributed by atoms with Gasteiger partial charge in [-0.15, -0.1) is 0 Å². The SMILES string of the molecule is CCNC(=O)N(CCN1CCOCC1)Cc1nccn1Cc1cccc(F)c1. The lowest BCUT2D eigenvalue weighted by atomic mass is 10.2. The number of hydrogen-bond acceptors (Lipinski definition) is 4. The Hall–Kier alpha value is -2.45. The summed E-state index contributed by atoms with van der Waals surface area (Å²) < 4.78 is 20.8. The van der Waals surface area contributed by atoms with Crippen LogP contribution < -0.4 is 5.32 Å². The second-order valence-corrected chi connectivity index (χ2v) is 6.81. The number of aromatic nitrogens is 2. The third-order valence-electron chi connectivity index (χ3n) is 4.78. The van der Waals surface area contributed by atoms with Crippen molar-refractivity contribution in [1.29, 1.82) is 0 Å². The zero-order valence-electron chi connectivity index (χ0n) is 16.3. The van der Waals surface area contributed by atoms with Gasteiger partial charge in [-0.2, -0.15) is 0 Å². The molecule has 0 unspecified atom stereocenters. The lowest BCUT2D eigenvalue weighted by Crippen LogP contribution is -2.46. The Labute approximate surface area is 165 Å². The predicted octanol–water partition coefficient (Wildman–Crippen LogP) is 1.93. The Balaban J connectivity index is 1.66. The molecule has 1 aromatic carbocycles. The van der Waals surface area contributed by atoms with Gasteiger partial charge < -0.3 is 19.5 Å². The number of hydrogen-bond donors (Lipinski definition) is 1. The molecule has 0 spiro atoms. The summed E-state index contributed by atoms with van der Waals surface area (Å²) in [6.07, 6.45) is 3.57. The number of urea groups is 1. The normalized spacial score (nSPS) is 14.8. The van der Waals surface area contributed by atoms with Crippen molar-refractivity contribution in [3.05, 3.63) is 53.9 Å². The van der Waals surface area contributed by atoms with Crippen molar-refractivity contribution in [3.8, 4) is 0 Å². The zero-order chi connectivity index (χ0) is 19.8. The number of nitrogens with zero attached hydrogens (tertiary/aromatic N) is 4. The standard InChI is InChI=1S/C20H28FN5O2/c1-2-22-20(27)26(9-8-24-10-12-28-13-11-24)16-19-23-6-7-25(19)15-17-4-3-5-18(21)14-17/h3-7,14H,2,8-13,15-16H2,1H3,(H,22,27). The van der Waals surface area contributed by atoms with Gasteiger partial charge in [0.2, 0.25) is 0 Å². The van der Waals surface area contributed by atoms with E-state index in [9.17, 15) is 9.18 Å². The number of ether oxygens (including phenoxy) is 1. The van der Waals surface area contributed by atoms with Crippen molar-refractivity contribution in [1.82, 2.24) is 24.7 Å². The summed E-state index contributed by atoms with van der Waals surface area (Å²) >= 11 is 0. The molecule has 0 atom stereocenters. The maximum atomic E-state index is 13.5.